The summed E-state index contributed by atoms with van der Waals surface area (Å²) in [5.41, 5.74) is 1.99. The fraction of sp³-hybridized carbons (Fsp3) is 0.269. The molecule has 0 atom stereocenters. The van der Waals surface area contributed by atoms with Crippen LogP contribution in [-0.2, 0) is 16.1 Å². The fourth-order valence-electron chi connectivity index (χ4n) is 3.23. The predicted octanol–water partition coefficient (Wildman–Crippen LogP) is 4.82. The van der Waals surface area contributed by atoms with E-state index in [0.29, 0.717) is 12.2 Å². The van der Waals surface area contributed by atoms with E-state index in [1.807, 2.05) is 51.1 Å². The minimum absolute atomic E-state index is 0.161. The van der Waals surface area contributed by atoms with Crippen molar-refractivity contribution in [1.29, 1.82) is 0 Å². The van der Waals surface area contributed by atoms with Crippen LogP contribution in [0, 0.1) is 6.92 Å². The van der Waals surface area contributed by atoms with Crippen molar-refractivity contribution in [3.05, 3.63) is 89.4 Å². The molecule has 7 nitrogen and oxygen atoms in total. The van der Waals surface area contributed by atoms with Crippen LogP contribution in [0.5, 0.6) is 0 Å². The predicted molar refractivity (Wildman–Crippen MR) is 125 cm³/mol. The Bertz CT molecular complexity index is 1120. The topological polar surface area (TPSA) is 88.9 Å². The molecule has 0 fully saturated rings. The molecule has 172 valence electrons. The standard InChI is InChI=1S/C26H28N2O5/c1-18-12-13-20(15-21(18)27-24(30)22-11-8-14-32-22)25(31)33-17-23(29)28(26(2,3)4)16-19-9-6-5-7-10-19/h5-15H,16-17H2,1-4H3,(H,27,30). The van der Waals surface area contributed by atoms with E-state index in [0.717, 1.165) is 11.1 Å². The average molecular weight is 449 g/mol. The van der Waals surface area contributed by atoms with Gasteiger partial charge < -0.3 is 19.4 Å². The maximum atomic E-state index is 12.9. The van der Waals surface area contributed by atoms with Crippen molar-refractivity contribution in [3.8, 4) is 0 Å². The second-order valence-electron chi connectivity index (χ2n) is 8.67. The van der Waals surface area contributed by atoms with Crippen LogP contribution >= 0.6 is 0 Å². The van der Waals surface area contributed by atoms with Gasteiger partial charge in [0.25, 0.3) is 11.8 Å². The van der Waals surface area contributed by atoms with Crippen molar-refractivity contribution < 1.29 is 23.5 Å². The first kappa shape index (κ1) is 23.8. The first-order chi connectivity index (χ1) is 15.6. The molecular weight excluding hydrogens is 420 g/mol. The Morgan fingerprint density at radius 2 is 1.73 bits per heavy atom. The van der Waals surface area contributed by atoms with Gasteiger partial charge in [0.2, 0.25) is 0 Å². The highest BCUT2D eigenvalue weighted by molar-refractivity contribution is 6.03. The molecule has 0 aliphatic carbocycles. The Kier molecular flexibility index (Phi) is 7.33. The Morgan fingerprint density at radius 1 is 1.00 bits per heavy atom. The molecule has 3 aromatic rings. The number of aryl methyl sites for hydroxylation is 1. The molecule has 1 heterocycles. The molecule has 2 aromatic carbocycles. The zero-order valence-corrected chi connectivity index (χ0v) is 19.3. The number of hydrogen-bond donors (Lipinski definition) is 1. The van der Waals surface area contributed by atoms with Gasteiger partial charge in [0, 0.05) is 17.8 Å². The summed E-state index contributed by atoms with van der Waals surface area (Å²) in [5.74, 6) is -1.21. The van der Waals surface area contributed by atoms with Crippen LogP contribution in [0.15, 0.2) is 71.3 Å². The molecule has 0 aliphatic heterocycles. The van der Waals surface area contributed by atoms with Gasteiger partial charge in [-0.25, -0.2) is 4.79 Å². The molecule has 0 spiro atoms. The van der Waals surface area contributed by atoms with Crippen LogP contribution in [0.2, 0.25) is 0 Å². The largest absolute Gasteiger partial charge is 0.459 e. The van der Waals surface area contributed by atoms with Crippen molar-refractivity contribution >= 4 is 23.5 Å². The van der Waals surface area contributed by atoms with Crippen molar-refractivity contribution in [1.82, 2.24) is 4.90 Å². The van der Waals surface area contributed by atoms with Gasteiger partial charge >= 0.3 is 5.97 Å². The summed E-state index contributed by atoms with van der Waals surface area (Å²) in [4.78, 5) is 39.5. The quantitative estimate of drug-likeness (QED) is 0.523. The molecule has 33 heavy (non-hydrogen) atoms. The number of nitrogens with one attached hydrogen (secondary N) is 1. The normalized spacial score (nSPS) is 11.0. The molecule has 3 rings (SSSR count). The Balaban J connectivity index is 1.66. The van der Waals surface area contributed by atoms with Gasteiger partial charge in [-0.15, -0.1) is 0 Å². The van der Waals surface area contributed by atoms with E-state index in [1.54, 1.807) is 36.1 Å². The van der Waals surface area contributed by atoms with Crippen LogP contribution in [0.3, 0.4) is 0 Å². The lowest BCUT2D eigenvalue weighted by atomic mass is 10.0. The molecule has 0 saturated heterocycles. The van der Waals surface area contributed by atoms with Gasteiger partial charge in [-0.2, -0.15) is 0 Å². The van der Waals surface area contributed by atoms with E-state index in [1.165, 1.54) is 12.3 Å². The van der Waals surface area contributed by atoms with Gasteiger partial charge in [-0.1, -0.05) is 36.4 Å². The molecule has 0 saturated carbocycles. The van der Waals surface area contributed by atoms with Gasteiger partial charge in [0.15, 0.2) is 12.4 Å². The summed E-state index contributed by atoms with van der Waals surface area (Å²) in [6, 6.07) is 17.6. The number of nitrogens with zero attached hydrogens (tertiary/aromatic N) is 1. The summed E-state index contributed by atoms with van der Waals surface area (Å²) >= 11 is 0. The molecule has 1 aromatic heterocycles. The maximum Gasteiger partial charge on any atom is 0.338 e. The Morgan fingerprint density at radius 3 is 2.36 bits per heavy atom. The Labute approximate surface area is 193 Å². The number of anilines is 1. The zero-order chi connectivity index (χ0) is 24.0. The number of carbonyl (C=O) groups excluding carboxylic acids is 3. The third-order valence-corrected chi connectivity index (χ3v) is 5.09. The third-order valence-electron chi connectivity index (χ3n) is 5.09. The van der Waals surface area contributed by atoms with Crippen molar-refractivity contribution in [2.24, 2.45) is 0 Å². The molecule has 0 unspecified atom stereocenters. The number of benzene rings is 2. The van der Waals surface area contributed by atoms with Gasteiger partial charge in [-0.05, 0) is 63.1 Å². The number of ether oxygens (including phenoxy) is 1. The highest BCUT2D eigenvalue weighted by Gasteiger charge is 2.27. The lowest BCUT2D eigenvalue weighted by molar-refractivity contribution is -0.140. The highest BCUT2D eigenvalue weighted by atomic mass is 16.5. The van der Waals surface area contributed by atoms with E-state index in [4.69, 9.17) is 9.15 Å². The smallest absolute Gasteiger partial charge is 0.338 e. The lowest BCUT2D eigenvalue weighted by Crippen LogP contribution is -2.46. The van der Waals surface area contributed by atoms with E-state index in [2.05, 4.69) is 5.32 Å². The second kappa shape index (κ2) is 10.2. The molecule has 7 heteroatoms. The van der Waals surface area contributed by atoms with Gasteiger partial charge in [0.05, 0.1) is 11.8 Å². The summed E-state index contributed by atoms with van der Waals surface area (Å²) in [5, 5.41) is 2.72. The van der Waals surface area contributed by atoms with Crippen molar-refractivity contribution in [2.75, 3.05) is 11.9 Å². The summed E-state index contributed by atoms with van der Waals surface area (Å²) in [6.07, 6.45) is 1.41. The third kappa shape index (κ3) is 6.32. The van der Waals surface area contributed by atoms with E-state index in [9.17, 15) is 14.4 Å². The zero-order valence-electron chi connectivity index (χ0n) is 19.3. The molecular formula is C26H28N2O5. The fourth-order valence-corrected chi connectivity index (χ4v) is 3.23. The molecule has 0 aliphatic rings. The van der Waals surface area contributed by atoms with Crippen molar-refractivity contribution in [3.63, 3.8) is 0 Å². The maximum absolute atomic E-state index is 12.9. The average Bonchev–Trinajstić information content (AvgIpc) is 3.32. The molecule has 2 amide bonds. The molecule has 1 N–H and O–H groups in total. The van der Waals surface area contributed by atoms with Crippen LogP contribution < -0.4 is 5.32 Å². The van der Waals surface area contributed by atoms with Gasteiger partial charge in [-0.3, -0.25) is 9.59 Å². The highest BCUT2D eigenvalue weighted by Crippen LogP contribution is 2.20. The SMILES string of the molecule is Cc1ccc(C(=O)OCC(=O)N(Cc2ccccc2)C(C)(C)C)cc1NC(=O)c1ccco1. The number of carbonyl (C=O) groups is 3. The lowest BCUT2D eigenvalue weighted by Gasteiger charge is -2.35. The molecule has 0 radical (unpaired) electrons. The number of amides is 2. The number of rotatable bonds is 7. The van der Waals surface area contributed by atoms with E-state index >= 15 is 0 Å². The summed E-state index contributed by atoms with van der Waals surface area (Å²) < 4.78 is 10.4. The number of esters is 1. The van der Waals surface area contributed by atoms with Crippen LogP contribution in [0.1, 0.15) is 52.8 Å². The monoisotopic (exact) mass is 448 g/mol. The van der Waals surface area contributed by atoms with Crippen LogP contribution in [0.25, 0.3) is 0 Å². The first-order valence-corrected chi connectivity index (χ1v) is 10.6. The Hall–Kier alpha value is -3.87. The van der Waals surface area contributed by atoms with Crippen molar-refractivity contribution in [2.45, 2.75) is 39.8 Å². The molecule has 0 bridgehead atoms. The van der Waals surface area contributed by atoms with Crippen LogP contribution in [0.4, 0.5) is 5.69 Å². The van der Waals surface area contributed by atoms with E-state index in [-0.39, 0.29) is 23.8 Å². The minimum atomic E-state index is -0.648. The number of furan rings is 1. The van der Waals surface area contributed by atoms with Crippen LogP contribution in [-0.4, -0.2) is 34.8 Å². The van der Waals surface area contributed by atoms with Gasteiger partial charge in [0.1, 0.15) is 0 Å². The minimum Gasteiger partial charge on any atom is -0.459 e. The van der Waals surface area contributed by atoms with E-state index < -0.39 is 17.4 Å². The second-order valence-corrected chi connectivity index (χ2v) is 8.67. The summed E-state index contributed by atoms with van der Waals surface area (Å²) in [6.45, 7) is 7.64. The first-order valence-electron chi connectivity index (χ1n) is 10.6. The summed E-state index contributed by atoms with van der Waals surface area (Å²) in [7, 11) is 0. The number of hydrogen-bond acceptors (Lipinski definition) is 5.